The highest BCUT2D eigenvalue weighted by atomic mass is 16.2. The molecule has 2 nitrogen and oxygen atoms in total. The topological polar surface area (TPSA) is 20.3 Å². The van der Waals surface area contributed by atoms with Crippen LogP contribution in [0.15, 0.2) is 23.3 Å². The molecule has 0 unspecified atom stereocenters. The van der Waals surface area contributed by atoms with E-state index in [1.54, 1.807) is 0 Å². The standard InChI is InChI=1S/C18H31NO/c1-14(2)7-6-8-16(5)11-12-19(13-15(3)4)18(20)17-9-10-17/h7,11,15,17H,6,8-10,12-13H2,1-5H3/b16-11-. The van der Waals surface area contributed by atoms with Crippen molar-refractivity contribution in [2.45, 2.75) is 60.3 Å². The van der Waals surface area contributed by atoms with E-state index in [9.17, 15) is 4.79 Å². The van der Waals surface area contributed by atoms with Gasteiger partial charge in [0.2, 0.25) is 5.91 Å². The summed E-state index contributed by atoms with van der Waals surface area (Å²) in [6.45, 7) is 12.5. The highest BCUT2D eigenvalue weighted by Gasteiger charge is 2.33. The van der Waals surface area contributed by atoms with Gasteiger partial charge in [0.25, 0.3) is 0 Å². The second-order valence-electron chi connectivity index (χ2n) is 6.78. The second kappa shape index (κ2) is 8.28. The Kier molecular flexibility index (Phi) is 7.04. The molecule has 1 amide bonds. The molecule has 0 heterocycles. The van der Waals surface area contributed by atoms with Crippen LogP contribution in [0.4, 0.5) is 0 Å². The van der Waals surface area contributed by atoms with Crippen LogP contribution in [0, 0.1) is 11.8 Å². The molecule has 1 rings (SSSR count). The molecule has 0 bridgehead atoms. The van der Waals surface area contributed by atoms with Gasteiger partial charge in [0.1, 0.15) is 0 Å². The van der Waals surface area contributed by atoms with Crippen LogP contribution < -0.4 is 0 Å². The van der Waals surface area contributed by atoms with Gasteiger partial charge in [-0.2, -0.15) is 0 Å². The third kappa shape index (κ3) is 6.93. The summed E-state index contributed by atoms with van der Waals surface area (Å²) in [6, 6.07) is 0. The lowest BCUT2D eigenvalue weighted by Gasteiger charge is -2.23. The fraction of sp³-hybridized carbons (Fsp3) is 0.722. The molecule has 0 aromatic carbocycles. The maximum Gasteiger partial charge on any atom is 0.225 e. The third-order valence-electron chi connectivity index (χ3n) is 3.58. The van der Waals surface area contributed by atoms with Crippen molar-refractivity contribution in [1.29, 1.82) is 0 Å². The molecule has 1 aliphatic carbocycles. The molecule has 0 radical (unpaired) electrons. The van der Waals surface area contributed by atoms with E-state index in [1.165, 1.54) is 11.1 Å². The Morgan fingerprint density at radius 3 is 2.35 bits per heavy atom. The van der Waals surface area contributed by atoms with Gasteiger partial charge >= 0.3 is 0 Å². The lowest BCUT2D eigenvalue weighted by molar-refractivity contribution is -0.132. The SMILES string of the molecule is CC(C)=CCC/C(C)=C\CN(CC(C)C)C(=O)C1CC1. The summed E-state index contributed by atoms with van der Waals surface area (Å²) >= 11 is 0. The zero-order chi connectivity index (χ0) is 15.1. The van der Waals surface area contributed by atoms with Gasteiger partial charge in [0.15, 0.2) is 0 Å². The Morgan fingerprint density at radius 2 is 1.85 bits per heavy atom. The number of hydrogen-bond acceptors (Lipinski definition) is 1. The van der Waals surface area contributed by atoms with E-state index in [0.717, 1.165) is 38.8 Å². The average Bonchev–Trinajstić information content (AvgIpc) is 3.16. The van der Waals surface area contributed by atoms with Gasteiger partial charge in [-0.3, -0.25) is 4.79 Å². The first-order chi connectivity index (χ1) is 9.40. The van der Waals surface area contributed by atoms with Crippen LogP contribution in [0.3, 0.4) is 0 Å². The molecule has 1 fully saturated rings. The maximum absolute atomic E-state index is 12.2. The molecule has 0 saturated heterocycles. The monoisotopic (exact) mass is 277 g/mol. The number of carbonyl (C=O) groups excluding carboxylic acids is 1. The third-order valence-corrected chi connectivity index (χ3v) is 3.58. The molecule has 0 aliphatic heterocycles. The number of nitrogens with zero attached hydrogens (tertiary/aromatic N) is 1. The summed E-state index contributed by atoms with van der Waals surface area (Å²) in [5, 5.41) is 0. The Hall–Kier alpha value is -1.05. The molecule has 0 aromatic heterocycles. The Labute approximate surface area is 124 Å². The Balaban J connectivity index is 2.47. The minimum absolute atomic E-state index is 0.327. The van der Waals surface area contributed by atoms with Gasteiger partial charge in [-0.15, -0.1) is 0 Å². The van der Waals surface area contributed by atoms with Crippen LogP contribution in [-0.4, -0.2) is 23.9 Å². The smallest absolute Gasteiger partial charge is 0.225 e. The lowest BCUT2D eigenvalue weighted by atomic mass is 10.1. The molecule has 114 valence electrons. The molecule has 0 atom stereocenters. The largest absolute Gasteiger partial charge is 0.338 e. The maximum atomic E-state index is 12.2. The minimum atomic E-state index is 0.327. The zero-order valence-corrected chi connectivity index (χ0v) is 13.9. The Morgan fingerprint density at radius 1 is 1.20 bits per heavy atom. The van der Waals surface area contributed by atoms with Crippen LogP contribution in [0.5, 0.6) is 0 Å². The predicted molar refractivity (Wildman–Crippen MR) is 86.6 cm³/mol. The van der Waals surface area contributed by atoms with Crippen molar-refractivity contribution in [2.24, 2.45) is 11.8 Å². The molecule has 0 N–H and O–H groups in total. The number of hydrogen-bond donors (Lipinski definition) is 0. The van der Waals surface area contributed by atoms with E-state index in [0.29, 0.717) is 17.7 Å². The van der Waals surface area contributed by atoms with Crippen molar-refractivity contribution in [3.63, 3.8) is 0 Å². The van der Waals surface area contributed by atoms with E-state index < -0.39 is 0 Å². The zero-order valence-electron chi connectivity index (χ0n) is 13.9. The summed E-state index contributed by atoms with van der Waals surface area (Å²) < 4.78 is 0. The number of rotatable bonds is 8. The van der Waals surface area contributed by atoms with Crippen molar-refractivity contribution in [3.05, 3.63) is 23.3 Å². The first-order valence-electron chi connectivity index (χ1n) is 7.98. The molecule has 0 spiro atoms. The molecular formula is C18H31NO. The van der Waals surface area contributed by atoms with Crippen molar-refractivity contribution >= 4 is 5.91 Å². The van der Waals surface area contributed by atoms with Crippen molar-refractivity contribution < 1.29 is 4.79 Å². The average molecular weight is 277 g/mol. The number of allylic oxidation sites excluding steroid dienone is 3. The fourth-order valence-electron chi connectivity index (χ4n) is 2.24. The van der Waals surface area contributed by atoms with Gasteiger partial charge in [0, 0.05) is 19.0 Å². The van der Waals surface area contributed by atoms with Gasteiger partial charge < -0.3 is 4.90 Å². The highest BCUT2D eigenvalue weighted by Crippen LogP contribution is 2.31. The molecule has 2 heteroatoms. The molecule has 1 aliphatic rings. The normalized spacial score (nSPS) is 15.4. The van der Waals surface area contributed by atoms with E-state index in [-0.39, 0.29) is 0 Å². The predicted octanol–water partition coefficient (Wildman–Crippen LogP) is 4.57. The van der Waals surface area contributed by atoms with E-state index in [2.05, 4.69) is 46.8 Å². The summed E-state index contributed by atoms with van der Waals surface area (Å²) in [6.07, 6.45) is 8.90. The number of carbonyl (C=O) groups is 1. The summed E-state index contributed by atoms with van der Waals surface area (Å²) in [4.78, 5) is 14.3. The van der Waals surface area contributed by atoms with Crippen LogP contribution in [0.2, 0.25) is 0 Å². The van der Waals surface area contributed by atoms with Gasteiger partial charge in [-0.25, -0.2) is 0 Å². The summed E-state index contributed by atoms with van der Waals surface area (Å²) in [7, 11) is 0. The van der Waals surface area contributed by atoms with Gasteiger partial charge in [-0.1, -0.05) is 37.1 Å². The van der Waals surface area contributed by atoms with Crippen LogP contribution >= 0.6 is 0 Å². The quantitative estimate of drug-likeness (QED) is 0.595. The van der Waals surface area contributed by atoms with Gasteiger partial charge in [-0.05, 0) is 52.4 Å². The van der Waals surface area contributed by atoms with Gasteiger partial charge in [0.05, 0.1) is 0 Å². The van der Waals surface area contributed by atoms with E-state index in [4.69, 9.17) is 0 Å². The van der Waals surface area contributed by atoms with Crippen molar-refractivity contribution in [3.8, 4) is 0 Å². The molecule has 0 aromatic rings. The van der Waals surface area contributed by atoms with Crippen molar-refractivity contribution in [1.82, 2.24) is 4.90 Å². The second-order valence-corrected chi connectivity index (χ2v) is 6.78. The van der Waals surface area contributed by atoms with Crippen molar-refractivity contribution in [2.75, 3.05) is 13.1 Å². The first-order valence-corrected chi connectivity index (χ1v) is 7.98. The highest BCUT2D eigenvalue weighted by molar-refractivity contribution is 5.81. The van der Waals surface area contributed by atoms with Crippen LogP contribution in [-0.2, 0) is 4.79 Å². The minimum Gasteiger partial charge on any atom is -0.338 e. The first kappa shape index (κ1) is 17.0. The Bertz CT molecular complexity index is 371. The van der Waals surface area contributed by atoms with Crippen LogP contribution in [0.25, 0.3) is 0 Å². The molecule has 1 saturated carbocycles. The summed E-state index contributed by atoms with van der Waals surface area (Å²) in [5.74, 6) is 1.23. The number of amides is 1. The molecular weight excluding hydrogens is 246 g/mol. The van der Waals surface area contributed by atoms with E-state index in [1.807, 2.05) is 4.90 Å². The van der Waals surface area contributed by atoms with Crippen LogP contribution in [0.1, 0.15) is 60.3 Å². The lowest BCUT2D eigenvalue weighted by Crippen LogP contribution is -2.35. The van der Waals surface area contributed by atoms with E-state index >= 15 is 0 Å². The molecule has 20 heavy (non-hydrogen) atoms. The summed E-state index contributed by atoms with van der Waals surface area (Å²) in [5.41, 5.74) is 2.77. The fourth-order valence-corrected chi connectivity index (χ4v) is 2.24.